The largest absolute Gasteiger partial charge is 0.406 e. The lowest BCUT2D eigenvalue weighted by atomic mass is 10.0. The SMILES string of the molecule is CCCCCCCCc1cccc(N2C=C(OC(=O)C(CC)CCC)N=CC2)c1. The maximum atomic E-state index is 12.4. The Morgan fingerprint density at radius 2 is 1.90 bits per heavy atom. The Bertz CT molecular complexity index is 681. The van der Waals surface area contributed by atoms with Gasteiger partial charge in [-0.2, -0.15) is 0 Å². The van der Waals surface area contributed by atoms with Gasteiger partial charge in [-0.3, -0.25) is 4.79 Å². The van der Waals surface area contributed by atoms with Gasteiger partial charge in [0.1, 0.15) is 0 Å². The first-order valence-corrected chi connectivity index (χ1v) is 11.5. The zero-order valence-corrected chi connectivity index (χ0v) is 18.5. The molecule has 0 saturated heterocycles. The van der Waals surface area contributed by atoms with Crippen LogP contribution in [-0.4, -0.2) is 18.7 Å². The van der Waals surface area contributed by atoms with E-state index in [1.54, 1.807) is 0 Å². The van der Waals surface area contributed by atoms with E-state index in [0.717, 1.165) is 31.4 Å². The molecule has 1 unspecified atom stereocenters. The molecule has 0 spiro atoms. The summed E-state index contributed by atoms with van der Waals surface area (Å²) in [5.74, 6) is 0.167. The van der Waals surface area contributed by atoms with E-state index in [1.165, 1.54) is 44.1 Å². The van der Waals surface area contributed by atoms with Crippen LogP contribution in [0.3, 0.4) is 0 Å². The van der Waals surface area contributed by atoms with Gasteiger partial charge in [0.15, 0.2) is 0 Å². The Morgan fingerprint density at radius 1 is 1.10 bits per heavy atom. The maximum absolute atomic E-state index is 12.4. The Labute approximate surface area is 177 Å². The Kier molecular flexibility index (Phi) is 10.5. The van der Waals surface area contributed by atoms with Crippen molar-refractivity contribution in [3.8, 4) is 0 Å². The molecule has 1 heterocycles. The van der Waals surface area contributed by atoms with Gasteiger partial charge in [-0.1, -0.05) is 71.4 Å². The first-order chi connectivity index (χ1) is 14.2. The molecule has 0 N–H and O–H groups in total. The summed E-state index contributed by atoms with van der Waals surface area (Å²) in [6.45, 7) is 7.06. The number of ether oxygens (including phenoxy) is 1. The van der Waals surface area contributed by atoms with E-state index in [4.69, 9.17) is 4.74 Å². The number of carbonyl (C=O) groups excluding carboxylic acids is 1. The first-order valence-electron chi connectivity index (χ1n) is 11.5. The van der Waals surface area contributed by atoms with Crippen LogP contribution in [0.4, 0.5) is 5.69 Å². The third-order valence-electron chi connectivity index (χ3n) is 5.49. The molecule has 0 radical (unpaired) electrons. The van der Waals surface area contributed by atoms with Gasteiger partial charge in [0.05, 0.1) is 18.7 Å². The second kappa shape index (κ2) is 13.2. The normalized spacial score (nSPS) is 14.6. The molecule has 1 aliphatic rings. The van der Waals surface area contributed by atoms with Gasteiger partial charge in [-0.05, 0) is 43.4 Å². The summed E-state index contributed by atoms with van der Waals surface area (Å²) in [6.07, 6.45) is 15.3. The quantitative estimate of drug-likeness (QED) is 0.276. The van der Waals surface area contributed by atoms with Crippen LogP contribution in [0.15, 0.2) is 41.3 Å². The monoisotopic (exact) mass is 398 g/mol. The third kappa shape index (κ3) is 8.04. The van der Waals surface area contributed by atoms with E-state index in [9.17, 15) is 4.79 Å². The van der Waals surface area contributed by atoms with Crippen molar-refractivity contribution in [2.75, 3.05) is 11.4 Å². The molecule has 160 valence electrons. The highest BCUT2D eigenvalue weighted by atomic mass is 16.5. The molecular formula is C25H38N2O2. The van der Waals surface area contributed by atoms with Crippen molar-refractivity contribution < 1.29 is 9.53 Å². The minimum atomic E-state index is -0.170. The number of aliphatic imine (C=N–C) groups is 1. The summed E-state index contributed by atoms with van der Waals surface area (Å²) in [5, 5.41) is 0. The van der Waals surface area contributed by atoms with Crippen LogP contribution in [-0.2, 0) is 16.0 Å². The van der Waals surface area contributed by atoms with E-state index in [-0.39, 0.29) is 11.9 Å². The van der Waals surface area contributed by atoms with Crippen molar-refractivity contribution in [3.05, 3.63) is 41.9 Å². The van der Waals surface area contributed by atoms with E-state index in [0.29, 0.717) is 12.4 Å². The van der Waals surface area contributed by atoms with E-state index in [1.807, 2.05) is 19.3 Å². The number of carbonyl (C=O) groups is 1. The summed E-state index contributed by atoms with van der Waals surface area (Å²) < 4.78 is 5.57. The molecule has 0 bridgehead atoms. The number of aryl methyl sites for hydroxylation is 1. The summed E-state index contributed by atoms with van der Waals surface area (Å²) in [5.41, 5.74) is 2.48. The Morgan fingerprint density at radius 3 is 2.66 bits per heavy atom. The fourth-order valence-corrected chi connectivity index (χ4v) is 3.69. The zero-order chi connectivity index (χ0) is 20.9. The number of esters is 1. The number of nitrogens with zero attached hydrogens (tertiary/aromatic N) is 2. The second-order valence-electron chi connectivity index (χ2n) is 7.93. The lowest BCUT2D eigenvalue weighted by molar-refractivity contribution is -0.144. The lowest BCUT2D eigenvalue weighted by Crippen LogP contribution is -2.24. The number of benzene rings is 1. The van der Waals surface area contributed by atoms with E-state index < -0.39 is 0 Å². The third-order valence-corrected chi connectivity index (χ3v) is 5.49. The lowest BCUT2D eigenvalue weighted by Gasteiger charge is -2.23. The van der Waals surface area contributed by atoms with Gasteiger partial charge in [0.25, 0.3) is 0 Å². The molecular weight excluding hydrogens is 360 g/mol. The zero-order valence-electron chi connectivity index (χ0n) is 18.5. The number of unbranched alkanes of at least 4 members (excludes halogenated alkanes) is 5. The number of anilines is 1. The Balaban J connectivity index is 1.92. The molecule has 4 nitrogen and oxygen atoms in total. The van der Waals surface area contributed by atoms with Crippen molar-refractivity contribution in [3.63, 3.8) is 0 Å². The second-order valence-corrected chi connectivity index (χ2v) is 7.93. The van der Waals surface area contributed by atoms with Crippen LogP contribution in [0.1, 0.15) is 84.1 Å². The molecule has 0 saturated carbocycles. The van der Waals surface area contributed by atoms with Crippen molar-refractivity contribution >= 4 is 17.9 Å². The first kappa shape index (κ1) is 23.2. The van der Waals surface area contributed by atoms with Crippen molar-refractivity contribution in [2.24, 2.45) is 10.9 Å². The molecule has 1 atom stereocenters. The van der Waals surface area contributed by atoms with E-state index >= 15 is 0 Å². The molecule has 1 aliphatic heterocycles. The van der Waals surface area contributed by atoms with E-state index in [2.05, 4.69) is 48.0 Å². The van der Waals surface area contributed by atoms with Crippen LogP contribution >= 0.6 is 0 Å². The predicted molar refractivity (Wildman–Crippen MR) is 122 cm³/mol. The molecule has 1 aromatic rings. The molecule has 0 amide bonds. The van der Waals surface area contributed by atoms with Crippen LogP contribution in [0.2, 0.25) is 0 Å². The standard InChI is InChI=1S/C25H38N2O2/c1-4-7-8-9-10-11-14-21-15-12-16-23(19-21)27-18-17-26-24(20-27)29-25(28)22(6-3)13-5-2/h12,15-17,19-20,22H,4-11,13-14,18H2,1-3H3. The van der Waals surface area contributed by atoms with Gasteiger partial charge in [-0.25, -0.2) is 4.99 Å². The van der Waals surface area contributed by atoms with Gasteiger partial charge in [0.2, 0.25) is 5.88 Å². The average Bonchev–Trinajstić information content (AvgIpc) is 2.75. The molecule has 4 heteroatoms. The average molecular weight is 399 g/mol. The molecule has 1 aromatic carbocycles. The minimum absolute atomic E-state index is 0.0490. The van der Waals surface area contributed by atoms with Crippen LogP contribution in [0.25, 0.3) is 0 Å². The highest BCUT2D eigenvalue weighted by Gasteiger charge is 2.20. The summed E-state index contributed by atoms with van der Waals surface area (Å²) in [7, 11) is 0. The fraction of sp³-hybridized carbons (Fsp3) is 0.600. The number of hydrogen-bond acceptors (Lipinski definition) is 4. The van der Waals surface area contributed by atoms with Crippen molar-refractivity contribution in [2.45, 2.75) is 85.0 Å². The highest BCUT2D eigenvalue weighted by Crippen LogP contribution is 2.22. The predicted octanol–water partition coefficient (Wildman–Crippen LogP) is 6.65. The van der Waals surface area contributed by atoms with Crippen LogP contribution in [0, 0.1) is 5.92 Å². The Hall–Kier alpha value is -2.10. The topological polar surface area (TPSA) is 41.9 Å². The molecule has 0 fully saturated rings. The molecule has 2 rings (SSSR count). The number of hydrogen-bond donors (Lipinski definition) is 0. The highest BCUT2D eigenvalue weighted by molar-refractivity contribution is 5.75. The number of rotatable bonds is 13. The van der Waals surface area contributed by atoms with Crippen LogP contribution in [0.5, 0.6) is 0 Å². The summed E-state index contributed by atoms with van der Waals surface area (Å²) >= 11 is 0. The molecule has 0 aromatic heterocycles. The smallest absolute Gasteiger partial charge is 0.315 e. The van der Waals surface area contributed by atoms with Gasteiger partial charge in [0, 0.05) is 11.9 Å². The van der Waals surface area contributed by atoms with Gasteiger partial charge >= 0.3 is 5.97 Å². The molecule has 29 heavy (non-hydrogen) atoms. The fourth-order valence-electron chi connectivity index (χ4n) is 3.69. The van der Waals surface area contributed by atoms with Gasteiger partial charge < -0.3 is 9.64 Å². The van der Waals surface area contributed by atoms with Crippen molar-refractivity contribution in [1.82, 2.24) is 0 Å². The summed E-state index contributed by atoms with van der Waals surface area (Å²) in [4.78, 5) is 18.8. The molecule has 0 aliphatic carbocycles. The van der Waals surface area contributed by atoms with Gasteiger partial charge in [-0.15, -0.1) is 0 Å². The van der Waals surface area contributed by atoms with Crippen molar-refractivity contribution in [1.29, 1.82) is 0 Å². The van der Waals surface area contributed by atoms with Crippen LogP contribution < -0.4 is 4.90 Å². The minimum Gasteiger partial charge on any atom is -0.406 e. The summed E-state index contributed by atoms with van der Waals surface area (Å²) in [6, 6.07) is 8.66. The maximum Gasteiger partial charge on any atom is 0.315 e.